The zero-order valence-electron chi connectivity index (χ0n) is 10.5. The van der Waals surface area contributed by atoms with Gasteiger partial charge in [-0.15, -0.1) is 12.4 Å². The molecular weight excluding hydrogens is 314 g/mol. The third-order valence-corrected chi connectivity index (χ3v) is 4.77. The average molecular weight is 329 g/mol. The molecule has 1 aromatic rings. The Hall–Kier alpha value is -0.800. The fourth-order valence-corrected chi connectivity index (χ4v) is 3.38. The summed E-state index contributed by atoms with van der Waals surface area (Å²) in [5.74, 6) is -1.92. The van der Waals surface area contributed by atoms with Crippen LogP contribution in [0.1, 0.15) is 0 Å². The van der Waals surface area contributed by atoms with Gasteiger partial charge in [0.25, 0.3) is 0 Å². The Labute approximate surface area is 122 Å². The molecule has 1 aliphatic heterocycles. The first-order valence-electron chi connectivity index (χ1n) is 5.72. The lowest BCUT2D eigenvalue weighted by atomic mass is 10.3. The number of hydrogen-bond donors (Lipinski definition) is 1. The van der Waals surface area contributed by atoms with Crippen LogP contribution >= 0.6 is 12.4 Å². The Bertz CT molecular complexity index is 571. The highest BCUT2D eigenvalue weighted by Crippen LogP contribution is 2.21. The molecule has 1 saturated heterocycles. The first-order chi connectivity index (χ1) is 8.95. The predicted octanol–water partition coefficient (Wildman–Crippen LogP) is 0.735. The summed E-state index contributed by atoms with van der Waals surface area (Å²) in [5.41, 5.74) is 5.43. The van der Waals surface area contributed by atoms with E-state index in [2.05, 4.69) is 0 Å². The van der Waals surface area contributed by atoms with Crippen molar-refractivity contribution in [2.24, 2.45) is 5.73 Å². The fourth-order valence-electron chi connectivity index (χ4n) is 1.88. The Kier molecular flexibility index (Phi) is 5.84. The molecule has 0 aliphatic carbocycles. The second-order valence-corrected chi connectivity index (χ2v) is 6.07. The number of halogens is 3. The third kappa shape index (κ3) is 3.44. The molecule has 20 heavy (non-hydrogen) atoms. The zero-order chi connectivity index (χ0) is 14.0. The van der Waals surface area contributed by atoms with Crippen molar-refractivity contribution in [1.82, 2.24) is 4.31 Å². The van der Waals surface area contributed by atoms with E-state index in [1.807, 2.05) is 0 Å². The van der Waals surface area contributed by atoms with Crippen molar-refractivity contribution in [3.63, 3.8) is 0 Å². The number of ether oxygens (including phenoxy) is 1. The molecule has 5 nitrogen and oxygen atoms in total. The van der Waals surface area contributed by atoms with E-state index in [0.717, 1.165) is 16.4 Å². The summed E-state index contributed by atoms with van der Waals surface area (Å²) in [6.07, 6.45) is -0.410. The van der Waals surface area contributed by atoms with E-state index < -0.39 is 32.7 Å². The van der Waals surface area contributed by atoms with Gasteiger partial charge in [-0.05, 0) is 12.1 Å². The molecule has 1 atom stereocenters. The van der Waals surface area contributed by atoms with Crippen LogP contribution in [0.25, 0.3) is 0 Å². The number of rotatable bonds is 3. The molecule has 2 N–H and O–H groups in total. The lowest BCUT2D eigenvalue weighted by molar-refractivity contribution is 0.00444. The molecule has 0 bridgehead atoms. The molecule has 1 aliphatic rings. The third-order valence-electron chi connectivity index (χ3n) is 2.88. The molecule has 1 aromatic carbocycles. The maximum atomic E-state index is 13.6. The maximum Gasteiger partial charge on any atom is 0.246 e. The molecule has 1 unspecified atom stereocenters. The van der Waals surface area contributed by atoms with Gasteiger partial charge in [-0.2, -0.15) is 4.31 Å². The van der Waals surface area contributed by atoms with Crippen LogP contribution in [-0.2, 0) is 14.8 Å². The van der Waals surface area contributed by atoms with Gasteiger partial charge in [-0.25, -0.2) is 17.2 Å². The number of morpholine rings is 1. The minimum absolute atomic E-state index is 0. The molecule has 1 heterocycles. The van der Waals surface area contributed by atoms with E-state index in [4.69, 9.17) is 10.5 Å². The molecular formula is C11H15ClF2N2O3S. The van der Waals surface area contributed by atoms with Crippen LogP contribution in [0.3, 0.4) is 0 Å². The molecule has 1 fully saturated rings. The molecule has 0 spiro atoms. The summed E-state index contributed by atoms with van der Waals surface area (Å²) < 4.78 is 57.2. The summed E-state index contributed by atoms with van der Waals surface area (Å²) in [6, 6.07) is 2.39. The predicted molar refractivity (Wildman–Crippen MR) is 71.2 cm³/mol. The van der Waals surface area contributed by atoms with Crippen LogP contribution in [0.4, 0.5) is 8.78 Å². The standard InChI is InChI=1S/C11H14F2N2O3S.ClH/c12-8-1-2-11(10(13)5-8)19(16,17)15-3-4-18-9(6-14)7-15;/h1-2,5,9H,3-4,6-7,14H2;1H. The Morgan fingerprint density at radius 3 is 2.70 bits per heavy atom. The monoisotopic (exact) mass is 328 g/mol. The van der Waals surface area contributed by atoms with Gasteiger partial charge in [0.15, 0.2) is 0 Å². The first-order valence-corrected chi connectivity index (χ1v) is 7.16. The second kappa shape index (κ2) is 6.77. The van der Waals surface area contributed by atoms with Gasteiger partial charge < -0.3 is 10.5 Å². The smallest absolute Gasteiger partial charge is 0.246 e. The van der Waals surface area contributed by atoms with Crippen LogP contribution in [0.5, 0.6) is 0 Å². The Morgan fingerprint density at radius 2 is 2.10 bits per heavy atom. The van der Waals surface area contributed by atoms with Crippen LogP contribution in [0.15, 0.2) is 23.1 Å². The molecule has 114 valence electrons. The van der Waals surface area contributed by atoms with E-state index >= 15 is 0 Å². The highest BCUT2D eigenvalue weighted by atomic mass is 35.5. The number of hydrogen-bond acceptors (Lipinski definition) is 4. The van der Waals surface area contributed by atoms with Crippen molar-refractivity contribution < 1.29 is 21.9 Å². The van der Waals surface area contributed by atoms with E-state index in [-0.39, 0.29) is 38.6 Å². The molecule has 9 heteroatoms. The van der Waals surface area contributed by atoms with E-state index in [9.17, 15) is 17.2 Å². The highest BCUT2D eigenvalue weighted by molar-refractivity contribution is 7.89. The quantitative estimate of drug-likeness (QED) is 0.888. The SMILES string of the molecule is Cl.NCC1CN(S(=O)(=O)c2ccc(F)cc2F)CCO1. The van der Waals surface area contributed by atoms with Gasteiger partial charge in [-0.1, -0.05) is 0 Å². The van der Waals surface area contributed by atoms with Crippen LogP contribution < -0.4 is 5.73 Å². The molecule has 0 amide bonds. The van der Waals surface area contributed by atoms with Gasteiger partial charge in [0.1, 0.15) is 16.5 Å². The minimum atomic E-state index is -4.00. The fraction of sp³-hybridized carbons (Fsp3) is 0.455. The Morgan fingerprint density at radius 1 is 1.40 bits per heavy atom. The summed E-state index contributed by atoms with van der Waals surface area (Å²) in [4.78, 5) is -0.536. The van der Waals surface area contributed by atoms with Crippen molar-refractivity contribution in [3.05, 3.63) is 29.8 Å². The van der Waals surface area contributed by atoms with Crippen molar-refractivity contribution in [1.29, 1.82) is 0 Å². The van der Waals surface area contributed by atoms with Crippen molar-refractivity contribution in [2.45, 2.75) is 11.0 Å². The summed E-state index contributed by atoms with van der Waals surface area (Å²) >= 11 is 0. The zero-order valence-corrected chi connectivity index (χ0v) is 12.1. The average Bonchev–Trinajstić information content (AvgIpc) is 2.38. The van der Waals surface area contributed by atoms with E-state index in [1.165, 1.54) is 0 Å². The Balaban J connectivity index is 0.00000200. The van der Waals surface area contributed by atoms with Gasteiger partial charge in [-0.3, -0.25) is 0 Å². The van der Waals surface area contributed by atoms with Crippen molar-refractivity contribution >= 4 is 22.4 Å². The minimum Gasteiger partial charge on any atom is -0.374 e. The number of benzene rings is 1. The largest absolute Gasteiger partial charge is 0.374 e. The molecule has 0 aromatic heterocycles. The van der Waals surface area contributed by atoms with E-state index in [0.29, 0.717) is 6.07 Å². The van der Waals surface area contributed by atoms with Crippen LogP contribution in [0, 0.1) is 11.6 Å². The van der Waals surface area contributed by atoms with E-state index in [1.54, 1.807) is 0 Å². The van der Waals surface area contributed by atoms with Crippen LogP contribution in [-0.4, -0.2) is 45.1 Å². The van der Waals surface area contributed by atoms with Gasteiger partial charge in [0.2, 0.25) is 10.0 Å². The number of nitrogens with zero attached hydrogens (tertiary/aromatic N) is 1. The second-order valence-electron chi connectivity index (χ2n) is 4.17. The van der Waals surface area contributed by atoms with Crippen LogP contribution in [0.2, 0.25) is 0 Å². The van der Waals surface area contributed by atoms with Gasteiger partial charge in [0, 0.05) is 25.7 Å². The van der Waals surface area contributed by atoms with Crippen molar-refractivity contribution in [2.75, 3.05) is 26.2 Å². The number of nitrogens with two attached hydrogens (primary N) is 1. The lowest BCUT2D eigenvalue weighted by Crippen LogP contribution is -2.48. The molecule has 2 rings (SSSR count). The molecule has 0 saturated carbocycles. The van der Waals surface area contributed by atoms with Gasteiger partial charge >= 0.3 is 0 Å². The van der Waals surface area contributed by atoms with Crippen molar-refractivity contribution in [3.8, 4) is 0 Å². The lowest BCUT2D eigenvalue weighted by Gasteiger charge is -2.31. The van der Waals surface area contributed by atoms with Gasteiger partial charge in [0.05, 0.1) is 12.7 Å². The first kappa shape index (κ1) is 17.3. The summed E-state index contributed by atoms with van der Waals surface area (Å²) in [6.45, 7) is 0.563. The number of sulfonamides is 1. The summed E-state index contributed by atoms with van der Waals surface area (Å²) in [7, 11) is -4.00. The highest BCUT2D eigenvalue weighted by Gasteiger charge is 2.32. The maximum absolute atomic E-state index is 13.6. The molecule has 0 radical (unpaired) electrons. The topological polar surface area (TPSA) is 72.6 Å². The normalized spacial score (nSPS) is 20.4. The summed E-state index contributed by atoms with van der Waals surface area (Å²) in [5, 5.41) is 0.